The number of hydrogen-bond donors (Lipinski definition) is 0. The minimum absolute atomic E-state index is 0.00122. The third-order valence-electron chi connectivity index (χ3n) is 9.50. The number of rotatable bonds is 8. The first-order valence-corrected chi connectivity index (χ1v) is 16.9. The molecular formula is C35H31F8N3O4S. The third-order valence-corrected chi connectivity index (χ3v) is 11.5. The van der Waals surface area contributed by atoms with Gasteiger partial charge < -0.3 is 14.5 Å². The Morgan fingerprint density at radius 1 is 0.902 bits per heavy atom. The highest BCUT2D eigenvalue weighted by molar-refractivity contribution is 7.86. The lowest BCUT2D eigenvalue weighted by Gasteiger charge is -2.38. The predicted octanol–water partition coefficient (Wildman–Crippen LogP) is 6.87. The fourth-order valence-electron chi connectivity index (χ4n) is 6.68. The average molecular weight is 742 g/mol. The van der Waals surface area contributed by atoms with Crippen molar-refractivity contribution in [2.24, 2.45) is 5.92 Å². The highest BCUT2D eigenvalue weighted by atomic mass is 32.2. The van der Waals surface area contributed by atoms with Crippen LogP contribution in [0.3, 0.4) is 0 Å². The molecule has 7 nitrogen and oxygen atoms in total. The summed E-state index contributed by atoms with van der Waals surface area (Å²) in [5.41, 5.74) is -7.64. The van der Waals surface area contributed by atoms with Crippen LogP contribution in [0.4, 0.5) is 35.1 Å². The Kier molecular flexibility index (Phi) is 10.7. The smallest absolute Gasteiger partial charge is 0.349 e. The lowest BCUT2D eigenvalue weighted by Crippen LogP contribution is -2.56. The van der Waals surface area contributed by atoms with Gasteiger partial charge >= 0.3 is 12.4 Å². The Hall–Kier alpha value is -4.36. The van der Waals surface area contributed by atoms with Gasteiger partial charge in [0.1, 0.15) is 11.6 Å². The van der Waals surface area contributed by atoms with E-state index in [2.05, 4.69) is 4.74 Å². The first kappa shape index (κ1) is 37.9. The Morgan fingerprint density at radius 3 is 2.06 bits per heavy atom. The summed E-state index contributed by atoms with van der Waals surface area (Å²) in [4.78, 5) is 28.5. The largest absolute Gasteiger partial charge is 0.430 e. The molecule has 0 radical (unpaired) electrons. The molecule has 2 aliphatic rings. The summed E-state index contributed by atoms with van der Waals surface area (Å²) < 4.78 is 133. The Bertz CT molecular complexity index is 1820. The molecule has 5 rings (SSSR count). The number of nitrogens with zero attached hydrogens (tertiary/aromatic N) is 3. The Balaban J connectivity index is 1.53. The molecule has 0 aliphatic carbocycles. The van der Waals surface area contributed by atoms with Crippen molar-refractivity contribution in [3.8, 4) is 6.07 Å². The van der Waals surface area contributed by atoms with Crippen LogP contribution in [0.1, 0.15) is 48.4 Å². The number of halogens is 8. The quantitative estimate of drug-likeness (QED) is 0.235. The van der Waals surface area contributed by atoms with Gasteiger partial charge in [0.25, 0.3) is 5.60 Å². The van der Waals surface area contributed by atoms with Crippen LogP contribution < -0.4 is 0 Å². The number of carbonyl (C=O) groups is 2. The molecular weight excluding hydrogens is 710 g/mol. The molecule has 2 aliphatic heterocycles. The van der Waals surface area contributed by atoms with E-state index in [1.54, 1.807) is 4.90 Å². The lowest BCUT2D eigenvalue weighted by atomic mass is 9.88. The van der Waals surface area contributed by atoms with Crippen molar-refractivity contribution in [3.63, 3.8) is 0 Å². The van der Waals surface area contributed by atoms with E-state index in [-0.39, 0.29) is 41.8 Å². The molecule has 16 heteroatoms. The molecule has 0 spiro atoms. The first-order valence-electron chi connectivity index (χ1n) is 15.7. The number of alkyl halides is 6. The summed E-state index contributed by atoms with van der Waals surface area (Å²) in [5, 5.41) is 9.27. The van der Waals surface area contributed by atoms with E-state index in [4.69, 9.17) is 0 Å². The molecule has 2 saturated heterocycles. The maximum Gasteiger partial charge on any atom is 0.430 e. The average Bonchev–Trinajstić information content (AvgIpc) is 3.54. The van der Waals surface area contributed by atoms with Gasteiger partial charge in [-0.1, -0.05) is 30.3 Å². The normalized spacial score (nSPS) is 19.5. The maximum atomic E-state index is 14.6. The van der Waals surface area contributed by atoms with E-state index >= 15 is 0 Å². The van der Waals surface area contributed by atoms with Gasteiger partial charge in [-0.05, 0) is 61.2 Å². The van der Waals surface area contributed by atoms with Crippen LogP contribution in [0.15, 0.2) is 71.6 Å². The van der Waals surface area contributed by atoms with Crippen LogP contribution in [0, 0.1) is 28.9 Å². The first-order chi connectivity index (χ1) is 23.9. The van der Waals surface area contributed by atoms with Crippen molar-refractivity contribution in [2.75, 3.05) is 26.2 Å². The minimum atomic E-state index is -6.13. The maximum absolute atomic E-state index is 14.6. The number of nitriles is 1. The highest BCUT2D eigenvalue weighted by Crippen LogP contribution is 2.54. The molecule has 2 atom stereocenters. The molecule has 2 heterocycles. The minimum Gasteiger partial charge on any atom is -0.349 e. The van der Waals surface area contributed by atoms with Gasteiger partial charge in [0, 0.05) is 55.0 Å². The Morgan fingerprint density at radius 2 is 1.51 bits per heavy atom. The van der Waals surface area contributed by atoms with E-state index in [0.717, 1.165) is 42.5 Å². The summed E-state index contributed by atoms with van der Waals surface area (Å²) in [6.07, 6.45) is -11.5. The van der Waals surface area contributed by atoms with Gasteiger partial charge in [-0.25, -0.2) is 8.78 Å². The van der Waals surface area contributed by atoms with E-state index in [9.17, 15) is 54.2 Å². The van der Waals surface area contributed by atoms with Crippen molar-refractivity contribution in [2.45, 2.75) is 60.4 Å². The molecule has 2 fully saturated rings. The van der Waals surface area contributed by atoms with Crippen molar-refractivity contribution in [3.05, 3.63) is 101 Å². The molecule has 3 aromatic rings. The van der Waals surface area contributed by atoms with Gasteiger partial charge in [-0.3, -0.25) is 13.8 Å². The number of likely N-dealkylation sites (tertiary alicyclic amines) is 2. The zero-order valence-corrected chi connectivity index (χ0v) is 27.8. The lowest BCUT2D eigenvalue weighted by molar-refractivity contribution is -0.392. The van der Waals surface area contributed by atoms with Crippen molar-refractivity contribution in [1.82, 2.24) is 9.80 Å². The number of amides is 2. The highest BCUT2D eigenvalue weighted by Gasteiger charge is 2.73. The number of ether oxygens (including phenoxy) is 1. The van der Waals surface area contributed by atoms with Crippen LogP contribution in [0.5, 0.6) is 0 Å². The molecule has 1 unspecified atom stereocenters. The van der Waals surface area contributed by atoms with Crippen molar-refractivity contribution in [1.29, 1.82) is 5.26 Å². The number of benzene rings is 3. The van der Waals surface area contributed by atoms with E-state index in [1.165, 1.54) is 30.0 Å². The van der Waals surface area contributed by atoms with Crippen LogP contribution >= 0.6 is 0 Å². The molecule has 0 saturated carbocycles. The van der Waals surface area contributed by atoms with Gasteiger partial charge in [0.05, 0.1) is 33.8 Å². The summed E-state index contributed by atoms with van der Waals surface area (Å²) in [6, 6.07) is 11.9. The van der Waals surface area contributed by atoms with E-state index in [0.29, 0.717) is 38.1 Å². The molecule has 272 valence electrons. The second-order valence-corrected chi connectivity index (χ2v) is 14.2. The zero-order valence-electron chi connectivity index (χ0n) is 27.0. The van der Waals surface area contributed by atoms with E-state index in [1.807, 2.05) is 0 Å². The van der Waals surface area contributed by atoms with Crippen LogP contribution in [-0.4, -0.2) is 64.4 Å². The zero-order chi connectivity index (χ0) is 37.4. The second kappa shape index (κ2) is 14.3. The van der Waals surface area contributed by atoms with Gasteiger partial charge in [0.2, 0.25) is 11.8 Å². The Labute approximate surface area is 290 Å². The summed E-state index contributed by atoms with van der Waals surface area (Å²) in [7, 11) is -2.09. The van der Waals surface area contributed by atoms with Gasteiger partial charge in [-0.2, -0.15) is 31.6 Å². The second-order valence-electron chi connectivity index (χ2n) is 12.4. The van der Waals surface area contributed by atoms with Crippen LogP contribution in [-0.2, 0) is 42.1 Å². The van der Waals surface area contributed by atoms with Gasteiger partial charge in [-0.15, -0.1) is 0 Å². The number of hydrogen-bond acceptors (Lipinski definition) is 5. The number of carbonyl (C=O) groups excluding carboxylic acids is 2. The van der Waals surface area contributed by atoms with E-state index < -0.39 is 74.3 Å². The fourth-order valence-corrected chi connectivity index (χ4v) is 8.42. The molecule has 0 bridgehead atoms. The van der Waals surface area contributed by atoms with Crippen LogP contribution in [0.2, 0.25) is 0 Å². The monoisotopic (exact) mass is 741 g/mol. The summed E-state index contributed by atoms with van der Waals surface area (Å²) in [5.74, 6) is -2.77. The summed E-state index contributed by atoms with van der Waals surface area (Å²) >= 11 is 0. The molecule has 51 heavy (non-hydrogen) atoms. The SMILES string of the molecule is CC(=O)N1CCC(C(=O)N2CC[C@](c3ccc(C(OCc4c(F)cccc4C#N)(C(F)(F)F)C(F)(F)F)cc3)(S(=O)c3ccc(F)cc3)C2)CC1. The topological polar surface area (TPSA) is 90.7 Å². The van der Waals surface area contributed by atoms with Crippen LogP contribution in [0.25, 0.3) is 0 Å². The molecule has 2 amide bonds. The molecule has 0 N–H and O–H groups in total. The third kappa shape index (κ3) is 7.10. The van der Waals surface area contributed by atoms with Gasteiger partial charge in [0.15, 0.2) is 0 Å². The standard InChI is InChI=1S/C35H31F8N3O4S/c1-22(47)45-16-13-23(14-17-45)31(48)46-18-15-32(21-46,51(49)28-11-9-27(36)10-12-28)25-5-7-26(8-6-25)33(34(38,39)40,35(41,42)43)50-20-29-24(19-44)3-2-4-30(29)37/h2-12,23H,13-18,20-21H2,1H3/t32-,51?/m0/s1. The summed E-state index contributed by atoms with van der Waals surface area (Å²) in [6.45, 7) is 0.405. The molecule has 0 aromatic heterocycles. The fraction of sp³-hybridized carbons (Fsp3) is 0.400. The van der Waals surface area contributed by atoms with Crippen molar-refractivity contribution >= 4 is 22.6 Å². The number of piperidine rings is 1. The predicted molar refractivity (Wildman–Crippen MR) is 167 cm³/mol. The molecule has 3 aromatic carbocycles. The van der Waals surface area contributed by atoms with Crippen molar-refractivity contribution < 1.29 is 53.7 Å².